The largest absolute Gasteiger partial charge is 0.366 e. The van der Waals surface area contributed by atoms with Crippen LogP contribution in [0.3, 0.4) is 0 Å². The lowest BCUT2D eigenvalue weighted by Crippen LogP contribution is -2.11. The second kappa shape index (κ2) is 7.60. The predicted molar refractivity (Wildman–Crippen MR) is 102 cm³/mol. The van der Waals surface area contributed by atoms with Gasteiger partial charge in [-0.15, -0.1) is 0 Å². The monoisotopic (exact) mass is 349 g/mol. The molecule has 0 aliphatic heterocycles. The number of rotatable bonds is 6. The molecule has 132 valence electrons. The molecule has 26 heavy (non-hydrogen) atoms. The zero-order valence-corrected chi connectivity index (χ0v) is 14.6. The molecule has 0 atom stereocenters. The zero-order chi connectivity index (χ0) is 18.5. The van der Waals surface area contributed by atoms with Gasteiger partial charge in [0.15, 0.2) is 5.69 Å². The molecule has 3 rings (SSSR count). The van der Waals surface area contributed by atoms with Crippen LogP contribution in [-0.2, 0) is 6.54 Å². The summed E-state index contributed by atoms with van der Waals surface area (Å²) in [5, 5.41) is 14.5. The summed E-state index contributed by atoms with van der Waals surface area (Å²) in [5.41, 5.74) is 2.09. The van der Waals surface area contributed by atoms with E-state index in [0.29, 0.717) is 23.6 Å². The Morgan fingerprint density at radius 2 is 1.88 bits per heavy atom. The molecule has 0 amide bonds. The van der Waals surface area contributed by atoms with Crippen LogP contribution in [0.5, 0.6) is 0 Å². The molecule has 1 N–H and O–H groups in total. The van der Waals surface area contributed by atoms with Crippen molar-refractivity contribution in [1.29, 1.82) is 0 Å². The smallest absolute Gasteiger partial charge is 0.295 e. The van der Waals surface area contributed by atoms with Gasteiger partial charge in [-0.3, -0.25) is 10.1 Å². The molecule has 0 fully saturated rings. The van der Waals surface area contributed by atoms with E-state index < -0.39 is 4.92 Å². The molecule has 0 aliphatic carbocycles. The molecular formula is C19H19N5O2. The molecule has 2 heterocycles. The lowest BCUT2D eigenvalue weighted by atomic mass is 10.1. The van der Waals surface area contributed by atoms with Crippen molar-refractivity contribution in [1.82, 2.24) is 9.97 Å². The van der Waals surface area contributed by atoms with Crippen LogP contribution in [-0.4, -0.2) is 29.0 Å². The highest BCUT2D eigenvalue weighted by Crippen LogP contribution is 2.29. The van der Waals surface area contributed by atoms with Crippen LogP contribution in [0.4, 0.5) is 17.3 Å². The summed E-state index contributed by atoms with van der Waals surface area (Å²) in [6.45, 7) is 0.544. The molecule has 7 nitrogen and oxygen atoms in total. The molecule has 0 saturated heterocycles. The molecule has 2 aromatic heterocycles. The first-order valence-electron chi connectivity index (χ1n) is 8.11. The van der Waals surface area contributed by atoms with Gasteiger partial charge in [-0.1, -0.05) is 30.3 Å². The van der Waals surface area contributed by atoms with Crippen molar-refractivity contribution in [2.75, 3.05) is 24.3 Å². The lowest BCUT2D eigenvalue weighted by molar-refractivity contribution is -0.384. The lowest BCUT2D eigenvalue weighted by Gasteiger charge is -2.13. The topological polar surface area (TPSA) is 84.2 Å². The first-order valence-corrected chi connectivity index (χ1v) is 8.11. The molecule has 0 bridgehead atoms. The van der Waals surface area contributed by atoms with Gasteiger partial charge in [0.25, 0.3) is 5.69 Å². The van der Waals surface area contributed by atoms with Gasteiger partial charge < -0.3 is 10.2 Å². The van der Waals surface area contributed by atoms with E-state index in [2.05, 4.69) is 15.3 Å². The Hall–Kier alpha value is -3.48. The fraction of sp³-hybridized carbons (Fsp3) is 0.158. The van der Waals surface area contributed by atoms with Gasteiger partial charge in [0.1, 0.15) is 11.6 Å². The predicted octanol–water partition coefficient (Wildman–Crippen LogP) is 3.73. The molecule has 3 aromatic rings. The molecule has 0 unspecified atom stereocenters. The molecule has 0 saturated carbocycles. The van der Waals surface area contributed by atoms with Crippen LogP contribution in [0.25, 0.3) is 11.3 Å². The van der Waals surface area contributed by atoms with Crippen LogP contribution in [0.2, 0.25) is 0 Å². The summed E-state index contributed by atoms with van der Waals surface area (Å²) in [4.78, 5) is 21.6. The number of nitrogens with one attached hydrogen (secondary N) is 1. The van der Waals surface area contributed by atoms with Crippen LogP contribution in [0, 0.1) is 10.1 Å². The minimum atomic E-state index is -0.411. The number of hydrogen-bond donors (Lipinski definition) is 1. The molecule has 0 radical (unpaired) electrons. The summed E-state index contributed by atoms with van der Waals surface area (Å²) >= 11 is 0. The summed E-state index contributed by atoms with van der Waals surface area (Å²) in [6.07, 6.45) is 1.75. The third-order valence-electron chi connectivity index (χ3n) is 3.86. The number of benzene rings is 1. The van der Waals surface area contributed by atoms with E-state index in [0.717, 1.165) is 11.4 Å². The Labute approximate surface area is 151 Å². The maximum atomic E-state index is 11.3. The average Bonchev–Trinajstić information content (AvgIpc) is 2.67. The highest BCUT2D eigenvalue weighted by Gasteiger charge is 2.17. The van der Waals surface area contributed by atoms with Crippen LogP contribution in [0.15, 0.2) is 60.8 Å². The van der Waals surface area contributed by atoms with Gasteiger partial charge in [-0.2, -0.15) is 0 Å². The van der Waals surface area contributed by atoms with Crippen molar-refractivity contribution < 1.29 is 4.92 Å². The number of hydrogen-bond acceptors (Lipinski definition) is 6. The van der Waals surface area contributed by atoms with E-state index in [-0.39, 0.29) is 5.69 Å². The van der Waals surface area contributed by atoms with E-state index in [4.69, 9.17) is 0 Å². The van der Waals surface area contributed by atoms with Gasteiger partial charge in [-0.05, 0) is 23.8 Å². The van der Waals surface area contributed by atoms with Gasteiger partial charge in [0.2, 0.25) is 0 Å². The van der Waals surface area contributed by atoms with Crippen molar-refractivity contribution in [3.63, 3.8) is 0 Å². The average molecular weight is 349 g/mol. The van der Waals surface area contributed by atoms with Crippen LogP contribution in [0.1, 0.15) is 5.56 Å². The highest BCUT2D eigenvalue weighted by atomic mass is 16.6. The third kappa shape index (κ3) is 3.94. The highest BCUT2D eigenvalue weighted by molar-refractivity contribution is 5.71. The number of nitrogens with zero attached hydrogens (tertiary/aromatic N) is 4. The molecular weight excluding hydrogens is 330 g/mol. The second-order valence-corrected chi connectivity index (χ2v) is 5.96. The third-order valence-corrected chi connectivity index (χ3v) is 3.86. The zero-order valence-electron chi connectivity index (χ0n) is 14.6. The molecule has 0 spiro atoms. The van der Waals surface area contributed by atoms with Gasteiger partial charge >= 0.3 is 0 Å². The standard InChI is InChI=1S/C19H19N5O2/c1-23(2)18-12-14(10-11-20-18)13-21-17-9-8-16(24(25)26)19(22-17)15-6-4-3-5-7-15/h3-12H,13H2,1-2H3,(H,21,22). The first-order chi connectivity index (χ1) is 12.5. The van der Waals surface area contributed by atoms with Crippen molar-refractivity contribution in [2.45, 2.75) is 6.54 Å². The van der Waals surface area contributed by atoms with Crippen molar-refractivity contribution in [3.05, 3.63) is 76.5 Å². The van der Waals surface area contributed by atoms with Crippen molar-refractivity contribution in [2.24, 2.45) is 0 Å². The van der Waals surface area contributed by atoms with Gasteiger partial charge in [0, 0.05) is 38.5 Å². The Morgan fingerprint density at radius 1 is 1.12 bits per heavy atom. The van der Waals surface area contributed by atoms with Crippen molar-refractivity contribution >= 4 is 17.3 Å². The van der Waals surface area contributed by atoms with E-state index in [9.17, 15) is 10.1 Å². The minimum Gasteiger partial charge on any atom is -0.366 e. The Bertz CT molecular complexity index is 913. The number of aromatic nitrogens is 2. The molecule has 0 aliphatic rings. The fourth-order valence-corrected chi connectivity index (χ4v) is 2.51. The Morgan fingerprint density at radius 3 is 2.58 bits per heavy atom. The van der Waals surface area contributed by atoms with Crippen molar-refractivity contribution in [3.8, 4) is 11.3 Å². The summed E-state index contributed by atoms with van der Waals surface area (Å²) in [5.74, 6) is 1.45. The van der Waals surface area contributed by atoms with Gasteiger partial charge in [-0.25, -0.2) is 9.97 Å². The normalized spacial score (nSPS) is 10.4. The summed E-state index contributed by atoms with van der Waals surface area (Å²) in [7, 11) is 3.87. The SMILES string of the molecule is CN(C)c1cc(CNc2ccc([N+](=O)[O-])c(-c3ccccc3)n2)ccn1. The van der Waals surface area contributed by atoms with Crippen LogP contribution < -0.4 is 10.2 Å². The Kier molecular flexibility index (Phi) is 5.07. The quantitative estimate of drug-likeness (QED) is 0.539. The maximum absolute atomic E-state index is 11.3. The van der Waals surface area contributed by atoms with E-state index in [1.165, 1.54) is 6.07 Å². The molecule has 1 aromatic carbocycles. The fourth-order valence-electron chi connectivity index (χ4n) is 2.51. The van der Waals surface area contributed by atoms with Crippen LogP contribution >= 0.6 is 0 Å². The minimum absolute atomic E-state index is 0.0134. The summed E-state index contributed by atoms with van der Waals surface area (Å²) in [6, 6.07) is 16.2. The Balaban J connectivity index is 1.85. The first kappa shape index (κ1) is 17.3. The van der Waals surface area contributed by atoms with Gasteiger partial charge in [0.05, 0.1) is 4.92 Å². The maximum Gasteiger partial charge on any atom is 0.295 e. The number of anilines is 2. The van der Waals surface area contributed by atoms with E-state index >= 15 is 0 Å². The second-order valence-electron chi connectivity index (χ2n) is 5.96. The van der Waals surface area contributed by atoms with E-state index in [1.807, 2.05) is 61.5 Å². The summed E-state index contributed by atoms with van der Waals surface area (Å²) < 4.78 is 0. The van der Waals surface area contributed by atoms with E-state index in [1.54, 1.807) is 12.3 Å². The number of nitro groups is 1. The number of pyridine rings is 2. The molecule has 7 heteroatoms.